The number of ether oxygens (including phenoxy) is 1. The Balaban J connectivity index is 3.59. The lowest BCUT2D eigenvalue weighted by atomic mass is 10.2. The highest BCUT2D eigenvalue weighted by molar-refractivity contribution is 5.55. The first-order valence-electron chi connectivity index (χ1n) is 3.09. The highest BCUT2D eigenvalue weighted by atomic mass is 16.5. The van der Waals surface area contributed by atoms with E-state index in [1.165, 1.54) is 0 Å². The van der Waals surface area contributed by atoms with Crippen LogP contribution in [0.3, 0.4) is 0 Å². The van der Waals surface area contributed by atoms with Gasteiger partial charge in [0.2, 0.25) is 0 Å². The Morgan fingerprint density at radius 3 is 2.00 bits per heavy atom. The Hall–Kier alpha value is -0.370. The highest BCUT2D eigenvalue weighted by Gasteiger charge is 2.13. The van der Waals surface area contributed by atoms with E-state index in [-0.39, 0.29) is 11.7 Å². The smallest absolute Gasteiger partial charge is 0.148 e. The van der Waals surface area contributed by atoms with Crippen molar-refractivity contribution in [3.63, 3.8) is 0 Å². The largest absolute Gasteiger partial charge is 0.365 e. The van der Waals surface area contributed by atoms with E-state index in [2.05, 4.69) is 0 Å². The van der Waals surface area contributed by atoms with Crippen LogP contribution in [0.1, 0.15) is 27.7 Å². The van der Waals surface area contributed by atoms with Crippen LogP contribution in [0, 0.1) is 0 Å². The minimum atomic E-state index is -0.287. The lowest BCUT2D eigenvalue weighted by Crippen LogP contribution is -2.26. The molecule has 0 aliphatic carbocycles. The third kappa shape index (κ3) is 5.50. The summed E-state index contributed by atoms with van der Waals surface area (Å²) < 4.78 is 5.22. The summed E-state index contributed by atoms with van der Waals surface area (Å²) in [5.74, 6) is 0. The third-order valence-electron chi connectivity index (χ3n) is 0.731. The molecule has 0 unspecified atom stereocenters. The maximum atomic E-state index is 10.1. The molecule has 2 nitrogen and oxygen atoms in total. The molecule has 0 saturated heterocycles. The van der Waals surface area contributed by atoms with Gasteiger partial charge in [0, 0.05) is 0 Å². The standard InChI is InChI=1S/C7H14O2/c1-6(5-8)9-7(2,3)4/h5-6H,1-4H3/t6-/m0/s1. The summed E-state index contributed by atoms with van der Waals surface area (Å²) >= 11 is 0. The summed E-state index contributed by atoms with van der Waals surface area (Å²) in [6.45, 7) is 7.51. The summed E-state index contributed by atoms with van der Waals surface area (Å²) in [6.07, 6.45) is 0.510. The van der Waals surface area contributed by atoms with Gasteiger partial charge >= 0.3 is 0 Å². The van der Waals surface area contributed by atoms with Crippen molar-refractivity contribution >= 4 is 6.29 Å². The van der Waals surface area contributed by atoms with Gasteiger partial charge in [0.15, 0.2) is 0 Å². The van der Waals surface area contributed by atoms with Crippen molar-refractivity contribution in [2.45, 2.75) is 39.4 Å². The van der Waals surface area contributed by atoms with Crippen LogP contribution in [0.2, 0.25) is 0 Å². The van der Waals surface area contributed by atoms with Gasteiger partial charge in [-0.3, -0.25) is 0 Å². The number of aldehydes is 1. The van der Waals surface area contributed by atoms with E-state index in [0.29, 0.717) is 0 Å². The van der Waals surface area contributed by atoms with Gasteiger partial charge in [-0.25, -0.2) is 0 Å². The van der Waals surface area contributed by atoms with E-state index in [1.54, 1.807) is 6.92 Å². The first-order valence-corrected chi connectivity index (χ1v) is 3.09. The maximum absolute atomic E-state index is 10.1. The SMILES string of the molecule is C[C@@H](C=O)OC(C)(C)C. The first-order chi connectivity index (χ1) is 3.95. The molecule has 0 radical (unpaired) electrons. The Morgan fingerprint density at radius 1 is 1.44 bits per heavy atom. The number of rotatable bonds is 2. The second-order valence-corrected chi connectivity index (χ2v) is 3.07. The molecule has 0 aromatic rings. The molecule has 0 aromatic carbocycles. The molecule has 9 heavy (non-hydrogen) atoms. The summed E-state index contributed by atoms with van der Waals surface area (Å²) in [4.78, 5) is 10.1. The van der Waals surface area contributed by atoms with Gasteiger partial charge in [0.25, 0.3) is 0 Å². The molecule has 2 heteroatoms. The first kappa shape index (κ1) is 8.63. The quantitative estimate of drug-likeness (QED) is 0.528. The van der Waals surface area contributed by atoms with Crippen molar-refractivity contribution in [1.29, 1.82) is 0 Å². The normalized spacial score (nSPS) is 15.1. The number of carbonyl (C=O) groups excluding carboxylic acids is 1. The summed E-state index contributed by atoms with van der Waals surface area (Å²) in [5, 5.41) is 0. The van der Waals surface area contributed by atoms with Gasteiger partial charge in [-0.1, -0.05) is 0 Å². The zero-order valence-electron chi connectivity index (χ0n) is 6.47. The van der Waals surface area contributed by atoms with Gasteiger partial charge in [0.1, 0.15) is 12.4 Å². The average Bonchev–Trinajstić information content (AvgIpc) is 1.62. The number of carbonyl (C=O) groups is 1. The summed E-state index contributed by atoms with van der Waals surface area (Å²) in [7, 11) is 0. The van der Waals surface area contributed by atoms with Crippen molar-refractivity contribution in [3.05, 3.63) is 0 Å². The van der Waals surface area contributed by atoms with Crippen molar-refractivity contribution in [2.75, 3.05) is 0 Å². The van der Waals surface area contributed by atoms with Crippen LogP contribution in [0.5, 0.6) is 0 Å². The van der Waals surface area contributed by atoms with E-state index in [0.717, 1.165) is 6.29 Å². The lowest BCUT2D eigenvalue weighted by Gasteiger charge is -2.21. The molecule has 0 aliphatic heterocycles. The minimum absolute atomic E-state index is 0.208. The zero-order valence-corrected chi connectivity index (χ0v) is 6.47. The fraction of sp³-hybridized carbons (Fsp3) is 0.857. The second kappa shape index (κ2) is 2.97. The minimum Gasteiger partial charge on any atom is -0.365 e. The lowest BCUT2D eigenvalue weighted by molar-refractivity contribution is -0.125. The van der Waals surface area contributed by atoms with Gasteiger partial charge in [-0.05, 0) is 27.7 Å². The summed E-state index contributed by atoms with van der Waals surface area (Å²) in [6, 6.07) is 0. The molecule has 0 spiro atoms. The van der Waals surface area contributed by atoms with Gasteiger partial charge < -0.3 is 9.53 Å². The molecule has 0 amide bonds. The number of hydrogen-bond acceptors (Lipinski definition) is 2. The van der Waals surface area contributed by atoms with Crippen LogP contribution in [0.15, 0.2) is 0 Å². The molecule has 0 aromatic heterocycles. The van der Waals surface area contributed by atoms with Crippen LogP contribution in [-0.4, -0.2) is 18.0 Å². The molecule has 0 N–H and O–H groups in total. The third-order valence-corrected chi connectivity index (χ3v) is 0.731. The van der Waals surface area contributed by atoms with Crippen molar-refractivity contribution in [1.82, 2.24) is 0 Å². The van der Waals surface area contributed by atoms with Gasteiger partial charge in [-0.15, -0.1) is 0 Å². The molecule has 0 aliphatic rings. The Kier molecular flexibility index (Phi) is 2.85. The van der Waals surface area contributed by atoms with Crippen LogP contribution in [0.25, 0.3) is 0 Å². The second-order valence-electron chi connectivity index (χ2n) is 3.07. The number of hydrogen-bond donors (Lipinski definition) is 0. The molecule has 0 fully saturated rings. The Morgan fingerprint density at radius 2 is 1.89 bits per heavy atom. The highest BCUT2D eigenvalue weighted by Crippen LogP contribution is 2.08. The van der Waals surface area contributed by atoms with Crippen LogP contribution < -0.4 is 0 Å². The Labute approximate surface area is 56.2 Å². The van der Waals surface area contributed by atoms with E-state index in [1.807, 2.05) is 20.8 Å². The monoisotopic (exact) mass is 130 g/mol. The van der Waals surface area contributed by atoms with Crippen LogP contribution in [-0.2, 0) is 9.53 Å². The van der Waals surface area contributed by atoms with Crippen molar-refractivity contribution in [2.24, 2.45) is 0 Å². The fourth-order valence-corrected chi connectivity index (χ4v) is 0.585. The van der Waals surface area contributed by atoms with E-state index in [9.17, 15) is 4.79 Å². The maximum Gasteiger partial charge on any atom is 0.148 e. The zero-order chi connectivity index (χ0) is 7.49. The molecule has 54 valence electrons. The molecular formula is C7H14O2. The average molecular weight is 130 g/mol. The van der Waals surface area contributed by atoms with Crippen LogP contribution in [0.4, 0.5) is 0 Å². The summed E-state index contributed by atoms with van der Waals surface area (Å²) in [5.41, 5.74) is -0.208. The van der Waals surface area contributed by atoms with Crippen molar-refractivity contribution in [3.8, 4) is 0 Å². The van der Waals surface area contributed by atoms with Gasteiger partial charge in [-0.2, -0.15) is 0 Å². The van der Waals surface area contributed by atoms with E-state index >= 15 is 0 Å². The van der Waals surface area contributed by atoms with E-state index in [4.69, 9.17) is 4.74 Å². The molecular weight excluding hydrogens is 116 g/mol. The molecule has 0 heterocycles. The molecule has 0 rings (SSSR count). The molecule has 0 bridgehead atoms. The fourth-order valence-electron chi connectivity index (χ4n) is 0.585. The Bertz CT molecular complexity index is 91.6. The predicted molar refractivity (Wildman–Crippen MR) is 36.4 cm³/mol. The molecule has 0 saturated carbocycles. The van der Waals surface area contributed by atoms with E-state index < -0.39 is 0 Å². The molecule has 1 atom stereocenters. The van der Waals surface area contributed by atoms with Crippen molar-refractivity contribution < 1.29 is 9.53 Å². The van der Waals surface area contributed by atoms with Crippen LogP contribution >= 0.6 is 0 Å². The van der Waals surface area contributed by atoms with Gasteiger partial charge in [0.05, 0.1) is 5.60 Å². The topological polar surface area (TPSA) is 26.3 Å². The predicted octanol–water partition coefficient (Wildman–Crippen LogP) is 1.39.